The first-order valence-electron chi connectivity index (χ1n) is 5.75. The minimum Gasteiger partial charge on any atom is -0.379 e. The van der Waals surface area contributed by atoms with Gasteiger partial charge in [0.15, 0.2) is 0 Å². The standard InChI is InChI=1S/C11H16ClN3O2/c12-9-6-14-11(15-7-9)13-3-1-4-17-10-2-5-16-8-10/h6-7,10H,1-5,8H2,(H,13,14,15). The van der Waals surface area contributed by atoms with Crippen LogP contribution in [0.3, 0.4) is 0 Å². The van der Waals surface area contributed by atoms with Crippen LogP contribution in [0.15, 0.2) is 12.4 Å². The van der Waals surface area contributed by atoms with E-state index in [1.165, 1.54) is 0 Å². The first kappa shape index (κ1) is 12.5. The van der Waals surface area contributed by atoms with Crippen LogP contribution >= 0.6 is 11.6 Å². The fourth-order valence-corrected chi connectivity index (χ4v) is 1.67. The molecule has 1 aromatic heterocycles. The van der Waals surface area contributed by atoms with E-state index in [2.05, 4.69) is 15.3 Å². The number of anilines is 1. The normalized spacial score (nSPS) is 19.5. The third-order valence-electron chi connectivity index (χ3n) is 2.47. The summed E-state index contributed by atoms with van der Waals surface area (Å²) in [5.74, 6) is 0.596. The van der Waals surface area contributed by atoms with Crippen LogP contribution < -0.4 is 5.32 Å². The zero-order chi connectivity index (χ0) is 11.9. The van der Waals surface area contributed by atoms with E-state index in [-0.39, 0.29) is 6.10 Å². The molecule has 6 heteroatoms. The van der Waals surface area contributed by atoms with Crippen molar-refractivity contribution in [2.45, 2.75) is 18.9 Å². The SMILES string of the molecule is Clc1cnc(NCCCOC2CCOC2)nc1. The lowest BCUT2D eigenvalue weighted by atomic mass is 10.3. The molecule has 0 aromatic carbocycles. The molecule has 2 rings (SSSR count). The van der Waals surface area contributed by atoms with Gasteiger partial charge in [-0.05, 0) is 12.8 Å². The number of aromatic nitrogens is 2. The molecule has 1 saturated heterocycles. The molecule has 1 N–H and O–H groups in total. The summed E-state index contributed by atoms with van der Waals surface area (Å²) in [6.07, 6.45) is 5.35. The van der Waals surface area contributed by atoms with Crippen molar-refractivity contribution in [3.05, 3.63) is 17.4 Å². The zero-order valence-corrected chi connectivity index (χ0v) is 10.3. The first-order valence-corrected chi connectivity index (χ1v) is 6.13. The van der Waals surface area contributed by atoms with E-state index in [1.807, 2.05) is 0 Å². The lowest BCUT2D eigenvalue weighted by Gasteiger charge is -2.09. The van der Waals surface area contributed by atoms with E-state index in [9.17, 15) is 0 Å². The molecule has 1 aliphatic heterocycles. The Morgan fingerprint density at radius 3 is 3.00 bits per heavy atom. The van der Waals surface area contributed by atoms with Crippen molar-refractivity contribution in [1.29, 1.82) is 0 Å². The highest BCUT2D eigenvalue weighted by Crippen LogP contribution is 2.08. The average Bonchev–Trinajstić information content (AvgIpc) is 2.84. The maximum atomic E-state index is 5.68. The van der Waals surface area contributed by atoms with Gasteiger partial charge in [-0.15, -0.1) is 0 Å². The summed E-state index contributed by atoms with van der Waals surface area (Å²) in [5, 5.41) is 3.65. The van der Waals surface area contributed by atoms with Gasteiger partial charge in [0.25, 0.3) is 0 Å². The van der Waals surface area contributed by atoms with Gasteiger partial charge in [0, 0.05) is 19.8 Å². The van der Waals surface area contributed by atoms with Crippen molar-refractivity contribution in [3.63, 3.8) is 0 Å². The molecule has 1 aromatic rings. The predicted molar refractivity (Wildman–Crippen MR) is 65.3 cm³/mol. The van der Waals surface area contributed by atoms with Crippen molar-refractivity contribution >= 4 is 17.5 Å². The summed E-state index contributed by atoms with van der Waals surface area (Å²) in [6.45, 7) is 3.07. The Bertz CT molecular complexity index is 328. The third-order valence-corrected chi connectivity index (χ3v) is 2.66. The van der Waals surface area contributed by atoms with Gasteiger partial charge in [-0.3, -0.25) is 0 Å². The van der Waals surface area contributed by atoms with Crippen LogP contribution in [0.5, 0.6) is 0 Å². The first-order chi connectivity index (χ1) is 8.34. The van der Waals surface area contributed by atoms with Crippen LogP contribution in [0.2, 0.25) is 5.02 Å². The molecule has 2 heterocycles. The van der Waals surface area contributed by atoms with Crippen molar-refractivity contribution < 1.29 is 9.47 Å². The van der Waals surface area contributed by atoms with Gasteiger partial charge < -0.3 is 14.8 Å². The molecular weight excluding hydrogens is 242 g/mol. The molecule has 0 amide bonds. The molecule has 5 nitrogen and oxygen atoms in total. The van der Waals surface area contributed by atoms with E-state index >= 15 is 0 Å². The molecule has 17 heavy (non-hydrogen) atoms. The summed E-state index contributed by atoms with van der Waals surface area (Å²) in [4.78, 5) is 8.08. The van der Waals surface area contributed by atoms with Crippen LogP contribution in [0.1, 0.15) is 12.8 Å². The number of rotatable bonds is 6. The smallest absolute Gasteiger partial charge is 0.222 e. The molecule has 0 saturated carbocycles. The maximum Gasteiger partial charge on any atom is 0.222 e. The summed E-state index contributed by atoms with van der Waals surface area (Å²) in [7, 11) is 0. The number of ether oxygens (including phenoxy) is 2. The summed E-state index contributed by atoms with van der Waals surface area (Å²) >= 11 is 5.68. The topological polar surface area (TPSA) is 56.3 Å². The average molecular weight is 258 g/mol. The quantitative estimate of drug-likeness (QED) is 0.787. The van der Waals surface area contributed by atoms with E-state index < -0.39 is 0 Å². The van der Waals surface area contributed by atoms with Gasteiger partial charge in [0.05, 0.1) is 30.1 Å². The monoisotopic (exact) mass is 257 g/mol. The number of hydrogen-bond donors (Lipinski definition) is 1. The molecule has 1 unspecified atom stereocenters. The van der Waals surface area contributed by atoms with Gasteiger partial charge in [-0.1, -0.05) is 11.6 Å². The molecule has 1 fully saturated rings. The number of nitrogens with zero attached hydrogens (tertiary/aromatic N) is 2. The Morgan fingerprint density at radius 2 is 2.29 bits per heavy atom. The minimum absolute atomic E-state index is 0.279. The lowest BCUT2D eigenvalue weighted by molar-refractivity contribution is 0.0427. The Morgan fingerprint density at radius 1 is 1.47 bits per heavy atom. The van der Waals surface area contributed by atoms with Crippen molar-refractivity contribution in [1.82, 2.24) is 9.97 Å². The summed E-state index contributed by atoms with van der Waals surface area (Å²) in [5.41, 5.74) is 0. The van der Waals surface area contributed by atoms with Crippen LogP contribution in [0.4, 0.5) is 5.95 Å². The van der Waals surface area contributed by atoms with Gasteiger partial charge in [-0.25, -0.2) is 9.97 Å². The second kappa shape index (κ2) is 6.74. The van der Waals surface area contributed by atoms with E-state index in [1.54, 1.807) is 12.4 Å². The van der Waals surface area contributed by atoms with Crippen molar-refractivity contribution in [3.8, 4) is 0 Å². The third kappa shape index (κ3) is 4.46. The molecule has 0 bridgehead atoms. The van der Waals surface area contributed by atoms with Crippen molar-refractivity contribution in [2.75, 3.05) is 31.7 Å². The largest absolute Gasteiger partial charge is 0.379 e. The van der Waals surface area contributed by atoms with E-state index in [0.717, 1.165) is 39.2 Å². The Labute approximate surface area is 105 Å². The zero-order valence-electron chi connectivity index (χ0n) is 9.56. The molecule has 0 radical (unpaired) electrons. The molecule has 1 aliphatic rings. The molecule has 1 atom stereocenters. The van der Waals surface area contributed by atoms with Crippen LogP contribution in [0.25, 0.3) is 0 Å². The number of nitrogens with one attached hydrogen (secondary N) is 1. The van der Waals surface area contributed by atoms with Gasteiger partial charge in [0.1, 0.15) is 0 Å². The van der Waals surface area contributed by atoms with E-state index in [4.69, 9.17) is 21.1 Å². The highest BCUT2D eigenvalue weighted by molar-refractivity contribution is 6.30. The Balaban J connectivity index is 1.55. The maximum absolute atomic E-state index is 5.68. The molecule has 0 aliphatic carbocycles. The lowest BCUT2D eigenvalue weighted by Crippen LogP contribution is -2.15. The number of halogens is 1. The summed E-state index contributed by atoms with van der Waals surface area (Å²) in [6, 6.07) is 0. The second-order valence-electron chi connectivity index (χ2n) is 3.86. The van der Waals surface area contributed by atoms with Gasteiger partial charge in [-0.2, -0.15) is 0 Å². The van der Waals surface area contributed by atoms with Gasteiger partial charge in [0.2, 0.25) is 5.95 Å². The van der Waals surface area contributed by atoms with E-state index in [0.29, 0.717) is 11.0 Å². The van der Waals surface area contributed by atoms with Crippen LogP contribution in [-0.2, 0) is 9.47 Å². The second-order valence-corrected chi connectivity index (χ2v) is 4.30. The Kier molecular flexibility index (Phi) is 4.97. The van der Waals surface area contributed by atoms with Crippen molar-refractivity contribution in [2.24, 2.45) is 0 Å². The highest BCUT2D eigenvalue weighted by atomic mass is 35.5. The minimum atomic E-state index is 0.279. The fourth-order valence-electron chi connectivity index (χ4n) is 1.57. The molecule has 0 spiro atoms. The Hall–Kier alpha value is -0.910. The molecular formula is C11H16ClN3O2. The fraction of sp³-hybridized carbons (Fsp3) is 0.636. The molecule has 94 valence electrons. The van der Waals surface area contributed by atoms with Crippen LogP contribution in [0, 0.1) is 0 Å². The highest BCUT2D eigenvalue weighted by Gasteiger charge is 2.15. The summed E-state index contributed by atoms with van der Waals surface area (Å²) < 4.78 is 10.9. The predicted octanol–water partition coefficient (Wildman–Crippen LogP) is 1.74. The van der Waals surface area contributed by atoms with Crippen LogP contribution in [-0.4, -0.2) is 42.4 Å². The number of hydrogen-bond acceptors (Lipinski definition) is 5. The van der Waals surface area contributed by atoms with Gasteiger partial charge >= 0.3 is 0 Å².